The van der Waals surface area contributed by atoms with Crippen LogP contribution in [0.1, 0.15) is 54.4 Å². The third-order valence-corrected chi connectivity index (χ3v) is 6.95. The number of aliphatic hydroxyl groups excluding tert-OH is 1. The van der Waals surface area contributed by atoms with Crippen molar-refractivity contribution in [3.63, 3.8) is 0 Å². The van der Waals surface area contributed by atoms with Gasteiger partial charge in [-0.15, -0.1) is 0 Å². The number of benzene rings is 2. The zero-order valence-corrected chi connectivity index (χ0v) is 16.4. The van der Waals surface area contributed by atoms with Gasteiger partial charge in [0.25, 0.3) is 0 Å². The summed E-state index contributed by atoms with van der Waals surface area (Å²) in [5.41, 5.74) is 5.48. The standard InChI is InChI=1S/C24H29FN2O/c25-19-10-8-17(9-11-19)23(28)7-3-13-26-15-12-22-21(16-26)20-6-1-4-18-5-2-14-27(22)24(18)20/h1,4,6,8-11,21-23,28H,2-3,5,7,12-16H2/t21-,22-,23-/m0/s1. The molecule has 0 bridgehead atoms. The molecule has 0 saturated carbocycles. The van der Waals surface area contributed by atoms with Gasteiger partial charge in [0, 0.05) is 37.3 Å². The average Bonchev–Trinajstić information content (AvgIpc) is 3.04. The second-order valence-electron chi connectivity index (χ2n) is 8.62. The summed E-state index contributed by atoms with van der Waals surface area (Å²) >= 11 is 0. The molecular formula is C24H29FN2O. The van der Waals surface area contributed by atoms with Gasteiger partial charge in [0.2, 0.25) is 0 Å². The first-order chi connectivity index (χ1) is 13.7. The lowest BCUT2D eigenvalue weighted by atomic mass is 9.88. The number of likely N-dealkylation sites (tertiary alicyclic amines) is 1. The molecule has 0 spiro atoms. The van der Waals surface area contributed by atoms with Crippen molar-refractivity contribution >= 4 is 5.69 Å². The number of nitrogens with zero attached hydrogens (tertiary/aromatic N) is 2. The first-order valence-corrected chi connectivity index (χ1v) is 10.7. The van der Waals surface area contributed by atoms with Crippen LogP contribution in [0.5, 0.6) is 0 Å². The van der Waals surface area contributed by atoms with Crippen molar-refractivity contribution in [1.82, 2.24) is 4.90 Å². The van der Waals surface area contributed by atoms with Crippen LogP contribution in [0.2, 0.25) is 0 Å². The number of anilines is 1. The van der Waals surface area contributed by atoms with Crippen molar-refractivity contribution in [3.8, 4) is 0 Å². The van der Waals surface area contributed by atoms with Gasteiger partial charge in [-0.1, -0.05) is 30.3 Å². The van der Waals surface area contributed by atoms with Crippen LogP contribution in [0.3, 0.4) is 0 Å². The SMILES string of the molecule is O[C@@H](CCCN1CC[C@H]2[C@@H](C1)c1cccc3c1N2CCC3)c1ccc(F)cc1. The monoisotopic (exact) mass is 380 g/mol. The first-order valence-electron chi connectivity index (χ1n) is 10.7. The maximum Gasteiger partial charge on any atom is 0.123 e. The Morgan fingerprint density at radius 2 is 1.96 bits per heavy atom. The topological polar surface area (TPSA) is 26.7 Å². The van der Waals surface area contributed by atoms with Gasteiger partial charge >= 0.3 is 0 Å². The van der Waals surface area contributed by atoms with Crippen LogP contribution in [0, 0.1) is 5.82 Å². The molecule has 3 atom stereocenters. The largest absolute Gasteiger partial charge is 0.388 e. The molecule has 0 aromatic heterocycles. The minimum absolute atomic E-state index is 0.253. The Morgan fingerprint density at radius 1 is 1.11 bits per heavy atom. The maximum absolute atomic E-state index is 13.0. The Morgan fingerprint density at radius 3 is 2.82 bits per heavy atom. The van der Waals surface area contributed by atoms with Crippen LogP contribution in [-0.2, 0) is 6.42 Å². The van der Waals surface area contributed by atoms with Gasteiger partial charge in [-0.3, -0.25) is 0 Å². The van der Waals surface area contributed by atoms with E-state index in [9.17, 15) is 9.50 Å². The second-order valence-corrected chi connectivity index (χ2v) is 8.62. The summed E-state index contributed by atoms with van der Waals surface area (Å²) in [5.74, 6) is 0.376. The zero-order chi connectivity index (χ0) is 19.1. The minimum atomic E-state index is -0.502. The van der Waals surface area contributed by atoms with Crippen LogP contribution >= 0.6 is 0 Å². The predicted molar refractivity (Wildman–Crippen MR) is 110 cm³/mol. The van der Waals surface area contributed by atoms with Gasteiger partial charge in [0.05, 0.1) is 6.10 Å². The lowest BCUT2D eigenvalue weighted by molar-refractivity contribution is 0.144. The molecular weight excluding hydrogens is 351 g/mol. The lowest BCUT2D eigenvalue weighted by Crippen LogP contribution is -2.47. The third-order valence-electron chi connectivity index (χ3n) is 6.95. The van der Waals surface area contributed by atoms with Gasteiger partial charge in [-0.25, -0.2) is 4.39 Å². The van der Waals surface area contributed by atoms with Gasteiger partial charge in [-0.05, 0) is 67.5 Å². The van der Waals surface area contributed by atoms with Crippen LogP contribution in [0.15, 0.2) is 42.5 Å². The van der Waals surface area contributed by atoms with E-state index in [1.807, 2.05) is 0 Å². The number of hydrogen-bond acceptors (Lipinski definition) is 3. The van der Waals surface area contributed by atoms with Gasteiger partial charge in [-0.2, -0.15) is 0 Å². The number of fused-ring (bicyclic) bond motifs is 3. The molecule has 148 valence electrons. The smallest absolute Gasteiger partial charge is 0.123 e. The molecule has 2 aromatic carbocycles. The van der Waals surface area contributed by atoms with Crippen molar-refractivity contribution in [2.24, 2.45) is 0 Å². The molecule has 28 heavy (non-hydrogen) atoms. The quantitative estimate of drug-likeness (QED) is 0.839. The van der Waals surface area contributed by atoms with Gasteiger partial charge in [0.1, 0.15) is 5.82 Å². The Bertz CT molecular complexity index is 837. The van der Waals surface area contributed by atoms with E-state index in [-0.39, 0.29) is 5.82 Å². The summed E-state index contributed by atoms with van der Waals surface area (Å²) in [7, 11) is 0. The molecule has 2 aromatic rings. The average molecular weight is 381 g/mol. The molecule has 0 radical (unpaired) electrons. The van der Waals surface area contributed by atoms with Gasteiger partial charge in [0.15, 0.2) is 0 Å². The summed E-state index contributed by atoms with van der Waals surface area (Å²) in [5, 5.41) is 10.4. The van der Waals surface area contributed by atoms with E-state index in [0.717, 1.165) is 38.0 Å². The molecule has 3 nitrogen and oxygen atoms in total. The number of para-hydroxylation sites is 1. The number of aryl methyl sites for hydroxylation is 1. The molecule has 0 amide bonds. The van der Waals surface area contributed by atoms with E-state index in [1.54, 1.807) is 28.9 Å². The lowest BCUT2D eigenvalue weighted by Gasteiger charge is -2.40. The van der Waals surface area contributed by atoms with E-state index in [1.165, 1.54) is 37.9 Å². The summed E-state index contributed by atoms with van der Waals surface area (Å²) in [6, 6.07) is 13.8. The van der Waals surface area contributed by atoms with Crippen molar-refractivity contribution in [2.45, 2.75) is 50.2 Å². The minimum Gasteiger partial charge on any atom is -0.388 e. The zero-order valence-electron chi connectivity index (χ0n) is 16.4. The Kier molecular flexibility index (Phi) is 4.85. The first kappa shape index (κ1) is 18.1. The summed E-state index contributed by atoms with van der Waals surface area (Å²) in [4.78, 5) is 5.28. The predicted octanol–water partition coefficient (Wildman–Crippen LogP) is 4.26. The van der Waals surface area contributed by atoms with E-state index in [2.05, 4.69) is 28.0 Å². The van der Waals surface area contributed by atoms with Crippen molar-refractivity contribution in [1.29, 1.82) is 0 Å². The normalized spacial score (nSPS) is 24.7. The number of hydrogen-bond donors (Lipinski definition) is 1. The molecule has 3 heterocycles. The molecule has 3 aliphatic rings. The second kappa shape index (κ2) is 7.49. The highest BCUT2D eigenvalue weighted by Gasteiger charge is 2.43. The highest BCUT2D eigenvalue weighted by molar-refractivity contribution is 5.68. The number of rotatable bonds is 5. The Hall–Kier alpha value is -1.91. The van der Waals surface area contributed by atoms with Gasteiger partial charge < -0.3 is 14.9 Å². The highest BCUT2D eigenvalue weighted by atomic mass is 19.1. The molecule has 4 heteroatoms. The third kappa shape index (κ3) is 3.23. The van der Waals surface area contributed by atoms with Crippen LogP contribution in [-0.4, -0.2) is 42.2 Å². The van der Waals surface area contributed by atoms with E-state index in [0.29, 0.717) is 12.0 Å². The molecule has 1 fully saturated rings. The van der Waals surface area contributed by atoms with Crippen LogP contribution < -0.4 is 4.90 Å². The Balaban J connectivity index is 1.20. The molecule has 0 aliphatic carbocycles. The van der Waals surface area contributed by atoms with Crippen LogP contribution in [0.4, 0.5) is 10.1 Å². The highest BCUT2D eigenvalue weighted by Crippen LogP contribution is 2.48. The molecule has 1 N–H and O–H groups in total. The molecule has 1 saturated heterocycles. The van der Waals surface area contributed by atoms with Crippen molar-refractivity contribution < 1.29 is 9.50 Å². The molecule has 5 rings (SSSR count). The fourth-order valence-corrected chi connectivity index (χ4v) is 5.59. The fraction of sp³-hybridized carbons (Fsp3) is 0.500. The number of piperidine rings is 1. The van der Waals surface area contributed by atoms with Crippen molar-refractivity contribution in [3.05, 3.63) is 65.0 Å². The molecule has 3 aliphatic heterocycles. The number of halogens is 1. The van der Waals surface area contributed by atoms with Crippen molar-refractivity contribution in [2.75, 3.05) is 31.1 Å². The summed E-state index contributed by atoms with van der Waals surface area (Å²) in [6.45, 7) is 4.52. The van der Waals surface area contributed by atoms with E-state index in [4.69, 9.17) is 0 Å². The van der Waals surface area contributed by atoms with E-state index >= 15 is 0 Å². The maximum atomic E-state index is 13.0. The fourth-order valence-electron chi connectivity index (χ4n) is 5.59. The van der Waals surface area contributed by atoms with Crippen LogP contribution in [0.25, 0.3) is 0 Å². The summed E-state index contributed by atoms with van der Waals surface area (Å²) < 4.78 is 13.0. The Labute approximate surface area is 166 Å². The number of aliphatic hydroxyl groups is 1. The molecule has 0 unspecified atom stereocenters. The van der Waals surface area contributed by atoms with E-state index < -0.39 is 6.10 Å². The summed E-state index contributed by atoms with van der Waals surface area (Å²) in [6.07, 6.45) is 4.93.